The van der Waals surface area contributed by atoms with Crippen LogP contribution >= 0.6 is 0 Å². The number of carbonyl (C=O) groups excluding carboxylic acids is 1. The monoisotopic (exact) mass is 302 g/mol. The van der Waals surface area contributed by atoms with E-state index in [9.17, 15) is 41.3 Å². The molecule has 0 radical (unpaired) electrons. The fourth-order valence-electron chi connectivity index (χ4n) is 1.09. The van der Waals surface area contributed by atoms with E-state index in [4.69, 9.17) is 0 Å². The Morgan fingerprint density at radius 2 is 1.75 bits per heavy atom. The number of anilines is 1. The van der Waals surface area contributed by atoms with E-state index in [0.717, 1.165) is 5.32 Å². The first-order valence-corrected chi connectivity index (χ1v) is 4.66. The molecule has 0 aliphatic heterocycles. The van der Waals surface area contributed by atoms with Crippen LogP contribution in [0.3, 0.4) is 0 Å². The highest BCUT2D eigenvalue weighted by Gasteiger charge is 2.63. The molecule has 0 heterocycles. The predicted molar refractivity (Wildman–Crippen MR) is 52.7 cm³/mol. The van der Waals surface area contributed by atoms with Gasteiger partial charge in [0.05, 0.1) is 11.0 Å². The second-order valence-corrected chi connectivity index (χ2v) is 3.44. The van der Waals surface area contributed by atoms with Gasteiger partial charge in [-0.2, -0.15) is 22.0 Å². The van der Waals surface area contributed by atoms with Gasteiger partial charge in [0, 0.05) is 0 Å². The van der Waals surface area contributed by atoms with Crippen LogP contribution in [0.4, 0.5) is 37.7 Å². The van der Waals surface area contributed by atoms with Crippen molar-refractivity contribution >= 4 is 17.3 Å². The number of hydrogen-bond donors (Lipinski definition) is 1. The normalized spacial score (nSPS) is 12.1. The summed E-state index contributed by atoms with van der Waals surface area (Å²) in [7, 11) is 0. The van der Waals surface area contributed by atoms with Gasteiger partial charge < -0.3 is 5.32 Å². The van der Waals surface area contributed by atoms with Crippen molar-refractivity contribution in [1.82, 2.24) is 0 Å². The Kier molecular flexibility index (Phi) is 3.92. The van der Waals surface area contributed by atoms with Crippen LogP contribution in [0, 0.1) is 15.9 Å². The standard InChI is InChI=1S/C9H4F6N2O3/c10-4-1-2-5(6(3-4)17(19)20)16-7(18)8(11,12)9(13,14)15/h1-3H,(H,16,18). The first-order valence-electron chi connectivity index (χ1n) is 4.66. The van der Waals surface area contributed by atoms with Crippen LogP contribution in [0.5, 0.6) is 0 Å². The van der Waals surface area contributed by atoms with E-state index in [1.165, 1.54) is 0 Å². The van der Waals surface area contributed by atoms with Crippen LogP contribution in [0.15, 0.2) is 18.2 Å². The van der Waals surface area contributed by atoms with Gasteiger partial charge in [0.25, 0.3) is 5.69 Å². The summed E-state index contributed by atoms with van der Waals surface area (Å²) in [5.41, 5.74) is -2.14. The van der Waals surface area contributed by atoms with Gasteiger partial charge in [-0.3, -0.25) is 14.9 Å². The lowest BCUT2D eigenvalue weighted by molar-refractivity contribution is -0.384. The van der Waals surface area contributed by atoms with Crippen LogP contribution in [-0.2, 0) is 4.79 Å². The third-order valence-corrected chi connectivity index (χ3v) is 2.05. The number of rotatable bonds is 3. The second kappa shape index (κ2) is 4.98. The van der Waals surface area contributed by atoms with E-state index >= 15 is 0 Å². The van der Waals surface area contributed by atoms with Crippen LogP contribution < -0.4 is 5.32 Å². The second-order valence-electron chi connectivity index (χ2n) is 3.44. The van der Waals surface area contributed by atoms with E-state index in [2.05, 4.69) is 0 Å². The molecular formula is C9H4F6N2O3. The molecule has 110 valence electrons. The topological polar surface area (TPSA) is 72.2 Å². The Labute approximate surface area is 106 Å². The van der Waals surface area contributed by atoms with E-state index in [0.29, 0.717) is 12.1 Å². The Bertz CT molecular complexity index is 557. The van der Waals surface area contributed by atoms with Crippen molar-refractivity contribution in [2.45, 2.75) is 12.1 Å². The Balaban J connectivity index is 3.12. The number of amides is 1. The highest BCUT2D eigenvalue weighted by atomic mass is 19.4. The number of benzene rings is 1. The Hall–Kier alpha value is -2.33. The van der Waals surface area contributed by atoms with Gasteiger partial charge in [-0.05, 0) is 12.1 Å². The first kappa shape index (κ1) is 15.7. The molecule has 0 aromatic heterocycles. The molecule has 0 atom stereocenters. The van der Waals surface area contributed by atoms with Crippen LogP contribution in [0.2, 0.25) is 0 Å². The number of nitro groups is 1. The summed E-state index contributed by atoms with van der Waals surface area (Å²) in [6.07, 6.45) is -6.16. The average Bonchev–Trinajstić information content (AvgIpc) is 2.29. The summed E-state index contributed by atoms with van der Waals surface area (Å²) in [6, 6.07) is 1.31. The number of nitrogens with one attached hydrogen (secondary N) is 1. The van der Waals surface area contributed by atoms with Gasteiger partial charge in [-0.15, -0.1) is 0 Å². The van der Waals surface area contributed by atoms with Gasteiger partial charge in [0.1, 0.15) is 11.5 Å². The minimum atomic E-state index is -6.16. The largest absolute Gasteiger partial charge is 0.463 e. The number of carbonyl (C=O) groups is 1. The van der Waals surface area contributed by atoms with Crippen LogP contribution in [0.25, 0.3) is 0 Å². The molecule has 0 unspecified atom stereocenters. The minimum absolute atomic E-state index is 0.265. The lowest BCUT2D eigenvalue weighted by atomic mass is 10.2. The van der Waals surface area contributed by atoms with Gasteiger partial charge in [0.15, 0.2) is 0 Å². The maximum Gasteiger partial charge on any atom is 0.463 e. The summed E-state index contributed by atoms with van der Waals surface area (Å²) < 4.78 is 73.7. The van der Waals surface area contributed by atoms with E-state index < -0.39 is 40.1 Å². The molecule has 1 aromatic carbocycles. The smallest absolute Gasteiger partial charge is 0.315 e. The zero-order valence-corrected chi connectivity index (χ0v) is 9.17. The fraction of sp³-hybridized carbons (Fsp3) is 0.222. The molecular weight excluding hydrogens is 298 g/mol. The lowest BCUT2D eigenvalue weighted by Gasteiger charge is -2.18. The Morgan fingerprint density at radius 1 is 1.20 bits per heavy atom. The molecule has 0 aliphatic rings. The molecule has 0 saturated carbocycles. The van der Waals surface area contributed by atoms with Crippen LogP contribution in [-0.4, -0.2) is 22.9 Å². The number of halogens is 6. The van der Waals surface area contributed by atoms with Crippen LogP contribution in [0.1, 0.15) is 0 Å². The van der Waals surface area contributed by atoms with Crippen molar-refractivity contribution in [2.24, 2.45) is 0 Å². The molecule has 1 amide bonds. The minimum Gasteiger partial charge on any atom is -0.315 e. The van der Waals surface area contributed by atoms with Crippen molar-refractivity contribution in [2.75, 3.05) is 5.32 Å². The first-order chi connectivity index (χ1) is 8.96. The quantitative estimate of drug-likeness (QED) is 0.530. The number of hydrogen-bond acceptors (Lipinski definition) is 3. The molecule has 0 fully saturated rings. The summed E-state index contributed by atoms with van der Waals surface area (Å²) in [5.74, 6) is -9.67. The molecule has 1 N–H and O–H groups in total. The fourth-order valence-corrected chi connectivity index (χ4v) is 1.09. The number of nitrogens with zero attached hydrogens (tertiary/aromatic N) is 1. The van der Waals surface area contributed by atoms with Crippen molar-refractivity contribution in [1.29, 1.82) is 0 Å². The van der Waals surface area contributed by atoms with Crippen molar-refractivity contribution < 1.29 is 36.1 Å². The third kappa shape index (κ3) is 2.97. The Morgan fingerprint density at radius 3 is 2.20 bits per heavy atom. The zero-order chi connectivity index (χ0) is 15.7. The molecule has 11 heteroatoms. The van der Waals surface area contributed by atoms with Gasteiger partial charge in [-0.1, -0.05) is 0 Å². The summed E-state index contributed by atoms with van der Waals surface area (Å²) >= 11 is 0. The molecule has 0 bridgehead atoms. The van der Waals surface area contributed by atoms with Gasteiger partial charge in [-0.25, -0.2) is 4.39 Å². The maximum absolute atomic E-state index is 12.7. The van der Waals surface area contributed by atoms with E-state index in [1.54, 1.807) is 0 Å². The van der Waals surface area contributed by atoms with Gasteiger partial charge >= 0.3 is 18.0 Å². The maximum atomic E-state index is 12.7. The lowest BCUT2D eigenvalue weighted by Crippen LogP contribution is -2.47. The molecule has 1 rings (SSSR count). The molecule has 0 aliphatic carbocycles. The zero-order valence-electron chi connectivity index (χ0n) is 9.17. The summed E-state index contributed by atoms with van der Waals surface area (Å²) in [6.45, 7) is 0. The summed E-state index contributed by atoms with van der Waals surface area (Å²) in [4.78, 5) is 20.1. The highest BCUT2D eigenvalue weighted by Crippen LogP contribution is 2.37. The van der Waals surface area contributed by atoms with Crippen molar-refractivity contribution in [3.63, 3.8) is 0 Å². The van der Waals surface area contributed by atoms with Crippen molar-refractivity contribution in [3.8, 4) is 0 Å². The number of nitro benzene ring substituents is 1. The van der Waals surface area contributed by atoms with E-state index in [1.807, 2.05) is 0 Å². The van der Waals surface area contributed by atoms with Gasteiger partial charge in [0.2, 0.25) is 0 Å². The number of alkyl halides is 5. The molecule has 0 saturated heterocycles. The SMILES string of the molecule is O=C(Nc1ccc(F)cc1[N+](=O)[O-])C(F)(F)C(F)(F)F. The molecule has 0 spiro atoms. The molecule has 20 heavy (non-hydrogen) atoms. The van der Waals surface area contributed by atoms with Crippen molar-refractivity contribution in [3.05, 3.63) is 34.1 Å². The molecule has 5 nitrogen and oxygen atoms in total. The summed E-state index contributed by atoms with van der Waals surface area (Å²) in [5, 5.41) is 11.5. The highest BCUT2D eigenvalue weighted by molar-refractivity contribution is 5.98. The predicted octanol–water partition coefficient (Wildman–Crippen LogP) is 2.87. The van der Waals surface area contributed by atoms with E-state index in [-0.39, 0.29) is 6.07 Å². The molecule has 1 aromatic rings. The third-order valence-electron chi connectivity index (χ3n) is 2.05. The average molecular weight is 302 g/mol.